The number of hydrogen-bond acceptors (Lipinski definition) is 8. The molecule has 0 spiro atoms. The summed E-state index contributed by atoms with van der Waals surface area (Å²) in [6.07, 6.45) is 5.65. The minimum Gasteiger partial charge on any atom is -0.457 e. The Balaban J connectivity index is 1.19. The molecule has 0 radical (unpaired) electrons. The lowest BCUT2D eigenvalue weighted by Gasteiger charge is -2.16. The van der Waals surface area contributed by atoms with E-state index < -0.39 is 6.10 Å². The molecule has 6 rings (SSSR count). The highest BCUT2D eigenvalue weighted by molar-refractivity contribution is 7.22. The number of aromatic nitrogens is 4. The van der Waals surface area contributed by atoms with E-state index in [1.54, 1.807) is 30.8 Å². The van der Waals surface area contributed by atoms with Crippen LogP contribution < -0.4 is 10.1 Å². The van der Waals surface area contributed by atoms with E-state index in [4.69, 9.17) is 14.5 Å². The van der Waals surface area contributed by atoms with Gasteiger partial charge < -0.3 is 19.9 Å². The Bertz CT molecular complexity index is 1510. The summed E-state index contributed by atoms with van der Waals surface area (Å²) in [7, 11) is 1.67. The molecule has 9 heteroatoms. The van der Waals surface area contributed by atoms with Crippen molar-refractivity contribution in [3.63, 3.8) is 0 Å². The molecule has 0 unspecified atom stereocenters. The molecule has 0 saturated carbocycles. The van der Waals surface area contributed by atoms with Crippen LogP contribution in [-0.2, 0) is 17.7 Å². The van der Waals surface area contributed by atoms with Gasteiger partial charge in [-0.25, -0.2) is 4.98 Å². The summed E-state index contributed by atoms with van der Waals surface area (Å²) in [6, 6.07) is 17.6. The Morgan fingerprint density at radius 1 is 1.14 bits per heavy atom. The van der Waals surface area contributed by atoms with Gasteiger partial charge in [0.2, 0.25) is 0 Å². The van der Waals surface area contributed by atoms with E-state index in [9.17, 15) is 5.11 Å². The zero-order valence-electron chi connectivity index (χ0n) is 19.7. The van der Waals surface area contributed by atoms with Crippen molar-refractivity contribution in [3.05, 3.63) is 84.3 Å². The second-order valence-corrected chi connectivity index (χ2v) is 9.74. The zero-order chi connectivity index (χ0) is 24.5. The number of rotatable bonds is 8. The topological polar surface area (TPSA) is 94.3 Å². The number of benzene rings is 2. The largest absolute Gasteiger partial charge is 0.457 e. The standard InChI is InChI=1S/C27H25N5O3S/c1-34-11-10-32-16-18(15-29-32)23-13-20(8-9-28-23)35-19-6-7-22-25(14-19)36-27(30-22)31-26-21-5-3-2-4-17(21)12-24(26)33/h2-9,13-16,24,26,33H,10-12H2,1H3,(H,30,31)/t24-,26+/m0/s1. The van der Waals surface area contributed by atoms with Crippen molar-refractivity contribution in [1.82, 2.24) is 19.7 Å². The summed E-state index contributed by atoms with van der Waals surface area (Å²) in [6.45, 7) is 1.29. The monoisotopic (exact) mass is 499 g/mol. The molecule has 0 bridgehead atoms. The van der Waals surface area contributed by atoms with Crippen molar-refractivity contribution in [2.75, 3.05) is 19.0 Å². The summed E-state index contributed by atoms with van der Waals surface area (Å²) < 4.78 is 14.1. The van der Waals surface area contributed by atoms with E-state index in [2.05, 4.69) is 27.5 Å². The van der Waals surface area contributed by atoms with Gasteiger partial charge in [0.05, 0.1) is 47.4 Å². The van der Waals surface area contributed by atoms with Crippen molar-refractivity contribution in [1.29, 1.82) is 0 Å². The maximum atomic E-state index is 10.6. The lowest BCUT2D eigenvalue weighted by Crippen LogP contribution is -2.20. The Morgan fingerprint density at radius 2 is 2.03 bits per heavy atom. The number of hydrogen-bond donors (Lipinski definition) is 2. The highest BCUT2D eigenvalue weighted by Gasteiger charge is 2.31. The van der Waals surface area contributed by atoms with Crippen LogP contribution in [0.3, 0.4) is 0 Å². The predicted molar refractivity (Wildman–Crippen MR) is 140 cm³/mol. The van der Waals surface area contributed by atoms with Gasteiger partial charge in [-0.2, -0.15) is 5.10 Å². The van der Waals surface area contributed by atoms with Crippen LogP contribution in [0.5, 0.6) is 11.5 Å². The van der Waals surface area contributed by atoms with Crippen molar-refractivity contribution in [2.24, 2.45) is 0 Å². The Kier molecular flexibility index (Phi) is 6.10. The molecule has 36 heavy (non-hydrogen) atoms. The first-order valence-corrected chi connectivity index (χ1v) is 12.6. The molecule has 2 aromatic carbocycles. The van der Waals surface area contributed by atoms with Gasteiger partial charge in [0, 0.05) is 43.6 Å². The summed E-state index contributed by atoms with van der Waals surface area (Å²) >= 11 is 1.55. The Hall–Kier alpha value is -3.79. The van der Waals surface area contributed by atoms with Crippen LogP contribution in [0.15, 0.2) is 73.2 Å². The molecule has 2 N–H and O–H groups in total. The van der Waals surface area contributed by atoms with Gasteiger partial charge in [0.25, 0.3) is 0 Å². The summed E-state index contributed by atoms with van der Waals surface area (Å²) in [4.78, 5) is 9.19. The highest BCUT2D eigenvalue weighted by atomic mass is 32.1. The second kappa shape index (κ2) is 9.69. The average molecular weight is 500 g/mol. The van der Waals surface area contributed by atoms with Gasteiger partial charge in [-0.15, -0.1) is 0 Å². The number of nitrogens with zero attached hydrogens (tertiary/aromatic N) is 4. The van der Waals surface area contributed by atoms with E-state index in [0.29, 0.717) is 25.3 Å². The van der Waals surface area contributed by atoms with Crippen molar-refractivity contribution < 1.29 is 14.6 Å². The Morgan fingerprint density at radius 3 is 2.94 bits per heavy atom. The maximum Gasteiger partial charge on any atom is 0.184 e. The molecule has 0 fully saturated rings. The molecular formula is C27H25N5O3S. The fourth-order valence-corrected chi connectivity index (χ4v) is 5.41. The normalized spacial score (nSPS) is 16.8. The lowest BCUT2D eigenvalue weighted by atomic mass is 10.1. The number of aliphatic hydroxyl groups excluding tert-OH is 1. The van der Waals surface area contributed by atoms with Gasteiger partial charge in [0.1, 0.15) is 11.5 Å². The number of fused-ring (bicyclic) bond motifs is 2. The van der Waals surface area contributed by atoms with Crippen molar-refractivity contribution in [2.45, 2.75) is 25.1 Å². The fourth-order valence-electron chi connectivity index (χ4n) is 4.48. The Labute approximate surface area is 212 Å². The first kappa shape index (κ1) is 22.7. The van der Waals surface area contributed by atoms with E-state index in [1.807, 2.05) is 53.3 Å². The van der Waals surface area contributed by atoms with Gasteiger partial charge in [-0.3, -0.25) is 9.67 Å². The van der Waals surface area contributed by atoms with Gasteiger partial charge >= 0.3 is 0 Å². The zero-order valence-corrected chi connectivity index (χ0v) is 20.5. The molecule has 0 amide bonds. The number of ether oxygens (including phenoxy) is 2. The van der Waals surface area contributed by atoms with Crippen LogP contribution in [0.4, 0.5) is 5.13 Å². The van der Waals surface area contributed by atoms with Crippen LogP contribution in [-0.4, -0.2) is 44.7 Å². The third-order valence-electron chi connectivity index (χ3n) is 6.26. The van der Waals surface area contributed by atoms with Gasteiger partial charge in [0.15, 0.2) is 5.13 Å². The smallest absolute Gasteiger partial charge is 0.184 e. The molecule has 3 heterocycles. The quantitative estimate of drug-likeness (QED) is 0.308. The van der Waals surface area contributed by atoms with E-state index in [1.165, 1.54) is 5.56 Å². The molecule has 1 aliphatic rings. The number of thiazole rings is 1. The molecule has 0 aliphatic heterocycles. The van der Waals surface area contributed by atoms with Gasteiger partial charge in [-0.1, -0.05) is 35.6 Å². The molecule has 0 saturated heterocycles. The molecule has 8 nitrogen and oxygen atoms in total. The maximum absolute atomic E-state index is 10.6. The van der Waals surface area contributed by atoms with Crippen LogP contribution in [0.1, 0.15) is 17.2 Å². The second-order valence-electron chi connectivity index (χ2n) is 8.70. The van der Waals surface area contributed by atoms with Gasteiger partial charge in [-0.05, 0) is 29.3 Å². The fraction of sp³-hybridized carbons (Fsp3) is 0.222. The first-order chi connectivity index (χ1) is 17.7. The molecular weight excluding hydrogens is 474 g/mol. The summed E-state index contributed by atoms with van der Waals surface area (Å²) in [5, 5.41) is 19.2. The highest BCUT2D eigenvalue weighted by Crippen LogP contribution is 2.37. The number of anilines is 1. The van der Waals surface area contributed by atoms with Crippen molar-refractivity contribution >= 4 is 26.7 Å². The van der Waals surface area contributed by atoms with E-state index in [-0.39, 0.29) is 6.04 Å². The molecule has 182 valence electrons. The molecule has 2 atom stereocenters. The van der Waals surface area contributed by atoms with Crippen LogP contribution in [0.25, 0.3) is 21.5 Å². The molecule has 3 aromatic heterocycles. The first-order valence-electron chi connectivity index (χ1n) is 11.7. The summed E-state index contributed by atoms with van der Waals surface area (Å²) in [5.41, 5.74) is 4.90. The van der Waals surface area contributed by atoms with E-state index >= 15 is 0 Å². The SMILES string of the molecule is COCCn1cc(-c2cc(Oc3ccc4nc(N[C@@H]5c6ccccc6C[C@@H]5O)sc4c3)ccn2)cn1. The van der Waals surface area contributed by atoms with Crippen LogP contribution >= 0.6 is 11.3 Å². The molecule has 1 aliphatic carbocycles. The van der Waals surface area contributed by atoms with Crippen molar-refractivity contribution in [3.8, 4) is 22.8 Å². The number of methoxy groups -OCH3 is 1. The number of pyridine rings is 1. The minimum atomic E-state index is -0.471. The minimum absolute atomic E-state index is 0.161. The average Bonchev–Trinajstić information content (AvgIpc) is 3.60. The van der Waals surface area contributed by atoms with Crippen LogP contribution in [0, 0.1) is 0 Å². The van der Waals surface area contributed by atoms with Crippen LogP contribution in [0.2, 0.25) is 0 Å². The molecule has 5 aromatic rings. The predicted octanol–water partition coefficient (Wildman–Crippen LogP) is 5.06. The van der Waals surface area contributed by atoms with E-state index in [0.717, 1.165) is 37.9 Å². The third-order valence-corrected chi connectivity index (χ3v) is 7.21. The third kappa shape index (κ3) is 4.56. The number of aliphatic hydroxyl groups is 1. The number of nitrogens with one attached hydrogen (secondary N) is 1. The summed E-state index contributed by atoms with van der Waals surface area (Å²) in [5.74, 6) is 1.41. The lowest BCUT2D eigenvalue weighted by molar-refractivity contribution is 0.166.